The number of nitrogens with zero attached hydrogens (tertiary/aromatic N) is 2. The zero-order valence-electron chi connectivity index (χ0n) is 12.5. The summed E-state index contributed by atoms with van der Waals surface area (Å²) < 4.78 is 5.28. The molecule has 1 amide bonds. The number of likely N-dealkylation sites (tertiary alicyclic amines) is 1. The molecule has 0 aliphatic carbocycles. The van der Waals surface area contributed by atoms with Crippen molar-refractivity contribution in [1.82, 2.24) is 10.2 Å². The van der Waals surface area contributed by atoms with Crippen molar-refractivity contribution in [2.45, 2.75) is 45.3 Å². The highest BCUT2D eigenvalue weighted by molar-refractivity contribution is 8.13. The van der Waals surface area contributed by atoms with Gasteiger partial charge >= 0.3 is 6.09 Å². The van der Waals surface area contributed by atoms with Crippen molar-refractivity contribution in [3.05, 3.63) is 0 Å². The van der Waals surface area contributed by atoms with Gasteiger partial charge in [0, 0.05) is 26.2 Å². The molecule has 1 aliphatic heterocycles. The van der Waals surface area contributed by atoms with Gasteiger partial charge in [0.05, 0.1) is 0 Å². The summed E-state index contributed by atoms with van der Waals surface area (Å²) in [6, 6.07) is 0.132. The smallest absolute Gasteiger partial charge is 0.407 e. The number of carbonyl (C=O) groups excluding carboxylic acids is 1. The van der Waals surface area contributed by atoms with Crippen molar-refractivity contribution >= 4 is 23.0 Å². The van der Waals surface area contributed by atoms with Crippen LogP contribution in [0.3, 0.4) is 0 Å². The van der Waals surface area contributed by atoms with Crippen LogP contribution in [0.4, 0.5) is 4.79 Å². The number of alkyl carbamates (subject to hydrolysis) is 1. The normalized spacial score (nSPS) is 21.2. The van der Waals surface area contributed by atoms with Gasteiger partial charge in [0.2, 0.25) is 0 Å². The van der Waals surface area contributed by atoms with Gasteiger partial charge in [0.15, 0.2) is 5.17 Å². The first-order chi connectivity index (χ1) is 8.85. The third kappa shape index (κ3) is 5.72. The van der Waals surface area contributed by atoms with Crippen molar-refractivity contribution in [2.24, 2.45) is 4.99 Å². The monoisotopic (exact) mass is 287 g/mol. The molecule has 6 heteroatoms. The minimum atomic E-state index is -0.451. The number of piperidine rings is 1. The van der Waals surface area contributed by atoms with E-state index in [0.717, 1.165) is 31.1 Å². The van der Waals surface area contributed by atoms with E-state index in [2.05, 4.69) is 15.2 Å². The Labute approximate surface area is 120 Å². The molecule has 0 unspecified atom stereocenters. The van der Waals surface area contributed by atoms with E-state index in [-0.39, 0.29) is 12.1 Å². The van der Waals surface area contributed by atoms with E-state index >= 15 is 0 Å². The summed E-state index contributed by atoms with van der Waals surface area (Å²) in [6.07, 6.45) is 3.73. The Morgan fingerprint density at radius 1 is 1.47 bits per heavy atom. The van der Waals surface area contributed by atoms with E-state index < -0.39 is 5.60 Å². The lowest BCUT2D eigenvalue weighted by Gasteiger charge is -2.34. The van der Waals surface area contributed by atoms with Gasteiger partial charge in [-0.2, -0.15) is 0 Å². The van der Waals surface area contributed by atoms with Gasteiger partial charge in [-0.25, -0.2) is 4.79 Å². The second kappa shape index (κ2) is 7.03. The Morgan fingerprint density at radius 2 is 2.16 bits per heavy atom. The van der Waals surface area contributed by atoms with Gasteiger partial charge < -0.3 is 15.0 Å². The Bertz CT molecular complexity index is 339. The summed E-state index contributed by atoms with van der Waals surface area (Å²) >= 11 is 1.64. The number of ether oxygens (including phenoxy) is 1. The number of aliphatic imine (C=N–C) groups is 1. The molecule has 0 radical (unpaired) electrons. The minimum Gasteiger partial charge on any atom is -0.444 e. The maximum absolute atomic E-state index is 11.8. The Balaban J connectivity index is 2.49. The van der Waals surface area contributed by atoms with Crippen molar-refractivity contribution in [1.29, 1.82) is 0 Å². The van der Waals surface area contributed by atoms with Crippen molar-refractivity contribution in [2.75, 3.05) is 26.4 Å². The average molecular weight is 287 g/mol. The van der Waals surface area contributed by atoms with Crippen LogP contribution in [0.5, 0.6) is 0 Å². The first-order valence-corrected chi connectivity index (χ1v) is 7.83. The highest BCUT2D eigenvalue weighted by Crippen LogP contribution is 2.15. The summed E-state index contributed by atoms with van der Waals surface area (Å²) in [5.41, 5.74) is -0.451. The lowest BCUT2D eigenvalue weighted by atomic mass is 10.1. The van der Waals surface area contributed by atoms with Crippen LogP contribution < -0.4 is 5.32 Å². The third-order valence-corrected chi connectivity index (χ3v) is 3.59. The fraction of sp³-hybridized carbons (Fsp3) is 0.846. The molecule has 0 aromatic rings. The lowest BCUT2D eigenvalue weighted by Crippen LogP contribution is -2.50. The third-order valence-electron chi connectivity index (χ3n) is 2.79. The number of nitrogens with one attached hydrogen (secondary N) is 1. The summed E-state index contributed by atoms with van der Waals surface area (Å²) in [6.45, 7) is 7.41. The second-order valence-corrected chi connectivity index (χ2v) is 6.42. The molecular weight excluding hydrogens is 262 g/mol. The van der Waals surface area contributed by atoms with Crippen LogP contribution in [-0.2, 0) is 4.74 Å². The largest absolute Gasteiger partial charge is 0.444 e. The van der Waals surface area contributed by atoms with Crippen molar-refractivity contribution < 1.29 is 9.53 Å². The highest BCUT2D eigenvalue weighted by atomic mass is 32.2. The van der Waals surface area contributed by atoms with E-state index in [1.54, 1.807) is 18.8 Å². The summed E-state index contributed by atoms with van der Waals surface area (Å²) in [5.74, 6) is 0. The van der Waals surface area contributed by atoms with Crippen LogP contribution in [0.2, 0.25) is 0 Å². The lowest BCUT2D eigenvalue weighted by molar-refractivity contribution is 0.0486. The molecule has 1 heterocycles. The maximum Gasteiger partial charge on any atom is 0.407 e. The fourth-order valence-corrected chi connectivity index (χ4v) is 2.71. The molecular formula is C13H25N3O2S. The molecule has 1 saturated heterocycles. The number of amidine groups is 1. The predicted octanol–water partition coefficient (Wildman–Crippen LogP) is 2.32. The number of amides is 1. The summed E-state index contributed by atoms with van der Waals surface area (Å²) in [7, 11) is 1.80. The molecule has 110 valence electrons. The molecule has 1 atom stereocenters. The van der Waals surface area contributed by atoms with Crippen LogP contribution in [0.15, 0.2) is 4.99 Å². The van der Waals surface area contributed by atoms with Crippen LogP contribution in [0, 0.1) is 0 Å². The number of thioether (sulfide) groups is 1. The molecule has 0 aromatic heterocycles. The van der Waals surface area contributed by atoms with E-state index in [1.165, 1.54) is 0 Å². The van der Waals surface area contributed by atoms with Crippen LogP contribution in [0.1, 0.15) is 33.6 Å². The number of hydrogen-bond acceptors (Lipinski definition) is 4. The molecule has 0 spiro atoms. The Hall–Kier alpha value is -0.910. The Kier molecular flexibility index (Phi) is 5.97. The van der Waals surface area contributed by atoms with E-state index in [0.29, 0.717) is 0 Å². The molecule has 5 nitrogen and oxygen atoms in total. The highest BCUT2D eigenvalue weighted by Gasteiger charge is 2.25. The predicted molar refractivity (Wildman–Crippen MR) is 80.8 cm³/mol. The second-order valence-electron chi connectivity index (χ2n) is 5.64. The van der Waals surface area contributed by atoms with Gasteiger partial charge in [0.25, 0.3) is 0 Å². The molecule has 0 bridgehead atoms. The molecule has 0 saturated carbocycles. The zero-order chi connectivity index (χ0) is 14.5. The quantitative estimate of drug-likeness (QED) is 0.594. The topological polar surface area (TPSA) is 53.9 Å². The fourth-order valence-electron chi connectivity index (χ4n) is 2.10. The SMILES string of the molecule is CN=C(SC)N1CCC[C@@H](NC(=O)OC(C)(C)C)C1. The molecule has 1 aliphatic rings. The standard InChI is InChI=1S/C13H25N3O2S/c1-13(2,3)18-12(17)15-10-7-6-8-16(9-10)11(14-4)19-5/h10H,6-9H2,1-5H3,(H,15,17)/t10-/m1/s1. The van der Waals surface area contributed by atoms with E-state index in [4.69, 9.17) is 4.74 Å². The first kappa shape index (κ1) is 16.1. The van der Waals surface area contributed by atoms with Gasteiger partial charge in [-0.3, -0.25) is 4.99 Å². The first-order valence-electron chi connectivity index (χ1n) is 6.61. The van der Waals surface area contributed by atoms with E-state index in [1.807, 2.05) is 27.0 Å². The van der Waals surface area contributed by atoms with E-state index in [9.17, 15) is 4.79 Å². The van der Waals surface area contributed by atoms with Crippen LogP contribution >= 0.6 is 11.8 Å². The van der Waals surface area contributed by atoms with Crippen LogP contribution in [-0.4, -0.2) is 54.2 Å². The van der Waals surface area contributed by atoms with Crippen molar-refractivity contribution in [3.8, 4) is 0 Å². The molecule has 1 fully saturated rings. The molecule has 1 N–H and O–H groups in total. The zero-order valence-corrected chi connectivity index (χ0v) is 13.3. The van der Waals surface area contributed by atoms with Gasteiger partial charge in [-0.15, -0.1) is 0 Å². The van der Waals surface area contributed by atoms with Gasteiger partial charge in [-0.05, 0) is 39.9 Å². The number of carbonyl (C=O) groups is 1. The molecule has 19 heavy (non-hydrogen) atoms. The number of hydrogen-bond donors (Lipinski definition) is 1. The molecule has 0 aromatic carbocycles. The van der Waals surface area contributed by atoms with Gasteiger partial charge in [-0.1, -0.05) is 11.8 Å². The van der Waals surface area contributed by atoms with Crippen LogP contribution in [0.25, 0.3) is 0 Å². The Morgan fingerprint density at radius 3 is 2.68 bits per heavy atom. The number of rotatable bonds is 1. The maximum atomic E-state index is 11.8. The van der Waals surface area contributed by atoms with Crippen molar-refractivity contribution in [3.63, 3.8) is 0 Å². The summed E-state index contributed by atoms with van der Waals surface area (Å²) in [5, 5.41) is 3.97. The average Bonchev–Trinajstić information content (AvgIpc) is 2.28. The van der Waals surface area contributed by atoms with Gasteiger partial charge in [0.1, 0.15) is 5.60 Å². The minimum absolute atomic E-state index is 0.132. The molecule has 1 rings (SSSR count). The summed E-state index contributed by atoms with van der Waals surface area (Å²) in [4.78, 5) is 18.2.